The van der Waals surface area contributed by atoms with Gasteiger partial charge in [0.15, 0.2) is 0 Å². The van der Waals surface area contributed by atoms with Gasteiger partial charge < -0.3 is 10.6 Å². The van der Waals surface area contributed by atoms with E-state index in [1.165, 1.54) is 6.07 Å². The van der Waals surface area contributed by atoms with E-state index in [0.29, 0.717) is 44.1 Å². The maximum atomic E-state index is 14.2. The number of hydrogen-bond donors (Lipinski definition) is 1. The zero-order valence-corrected chi connectivity index (χ0v) is 17.8. The Balaban J connectivity index is 1.28. The lowest BCUT2D eigenvalue weighted by molar-refractivity contribution is -0.131. The zero-order chi connectivity index (χ0) is 23.1. The minimum atomic E-state index is -0.758. The van der Waals surface area contributed by atoms with Crippen LogP contribution < -0.4 is 5.73 Å². The van der Waals surface area contributed by atoms with Crippen LogP contribution in [-0.4, -0.2) is 44.9 Å². The number of likely N-dealkylation sites (tertiary alicyclic amines) is 1. The highest BCUT2D eigenvalue weighted by atomic mass is 19.1. The lowest BCUT2D eigenvalue weighted by Gasteiger charge is -2.33. The van der Waals surface area contributed by atoms with Gasteiger partial charge in [0.2, 0.25) is 5.91 Å². The van der Waals surface area contributed by atoms with Crippen molar-refractivity contribution in [2.24, 2.45) is 0 Å². The SMILES string of the molecule is Nc1ccc(-c2ccc(F)cc2F)nc1CC(=O)N1Cc2cnc(CN3CC(F)C3)cc2C1. The van der Waals surface area contributed by atoms with Crippen LogP contribution in [0.2, 0.25) is 0 Å². The summed E-state index contributed by atoms with van der Waals surface area (Å²) in [5.41, 5.74) is 9.97. The molecule has 2 aliphatic heterocycles. The molecular weight excluding hydrogens is 431 g/mol. The lowest BCUT2D eigenvalue weighted by atomic mass is 10.1. The van der Waals surface area contributed by atoms with Crippen LogP contribution in [0.15, 0.2) is 42.6 Å². The molecule has 2 N–H and O–H groups in total. The molecule has 1 aromatic carbocycles. The van der Waals surface area contributed by atoms with Crippen LogP contribution in [0, 0.1) is 11.6 Å². The molecule has 0 atom stereocenters. The predicted molar refractivity (Wildman–Crippen MR) is 116 cm³/mol. The van der Waals surface area contributed by atoms with Crippen molar-refractivity contribution in [2.75, 3.05) is 18.8 Å². The molecule has 0 unspecified atom stereocenters. The van der Waals surface area contributed by atoms with Crippen molar-refractivity contribution < 1.29 is 18.0 Å². The van der Waals surface area contributed by atoms with Gasteiger partial charge in [0, 0.05) is 50.6 Å². The molecule has 0 radical (unpaired) electrons. The van der Waals surface area contributed by atoms with E-state index in [0.717, 1.165) is 29.0 Å². The summed E-state index contributed by atoms with van der Waals surface area (Å²) in [6.07, 6.45) is 0.976. The van der Waals surface area contributed by atoms with Crippen molar-refractivity contribution in [2.45, 2.75) is 32.2 Å². The highest BCUT2D eigenvalue weighted by Crippen LogP contribution is 2.27. The summed E-state index contributed by atoms with van der Waals surface area (Å²) >= 11 is 0. The number of halogens is 3. The second-order valence-electron chi connectivity index (χ2n) is 8.52. The van der Waals surface area contributed by atoms with E-state index in [9.17, 15) is 18.0 Å². The number of rotatable bonds is 5. The van der Waals surface area contributed by atoms with Crippen molar-refractivity contribution in [3.8, 4) is 11.3 Å². The molecule has 1 saturated heterocycles. The highest BCUT2D eigenvalue weighted by Gasteiger charge is 2.28. The number of benzene rings is 1. The van der Waals surface area contributed by atoms with Gasteiger partial charge in [0.05, 0.1) is 29.2 Å². The number of anilines is 1. The molecular formula is C24H22F3N5O. The maximum Gasteiger partial charge on any atom is 0.229 e. The quantitative estimate of drug-likeness (QED) is 0.642. The van der Waals surface area contributed by atoms with Crippen molar-refractivity contribution in [1.29, 1.82) is 0 Å². The van der Waals surface area contributed by atoms with E-state index in [4.69, 9.17) is 5.73 Å². The molecule has 170 valence electrons. The number of amides is 1. The molecule has 6 nitrogen and oxygen atoms in total. The molecule has 9 heteroatoms. The average molecular weight is 453 g/mol. The highest BCUT2D eigenvalue weighted by molar-refractivity contribution is 5.81. The standard InChI is InChI=1S/C24H22F3N5O/c25-16-1-2-19(20(27)6-16)22-4-3-21(28)23(30-22)7-24(33)32-9-14-5-18(29-8-15(14)10-32)13-31-11-17(26)12-31/h1-6,8,17H,7,9-13,28H2. The van der Waals surface area contributed by atoms with Crippen LogP contribution in [0.1, 0.15) is 22.5 Å². The Bertz CT molecular complexity index is 1230. The van der Waals surface area contributed by atoms with E-state index in [1.807, 2.05) is 11.0 Å². The number of carbonyl (C=O) groups is 1. The zero-order valence-electron chi connectivity index (χ0n) is 17.8. The van der Waals surface area contributed by atoms with Crippen molar-refractivity contribution in [3.63, 3.8) is 0 Å². The Morgan fingerprint density at radius 2 is 1.88 bits per heavy atom. The monoisotopic (exact) mass is 453 g/mol. The third-order valence-electron chi connectivity index (χ3n) is 6.05. The number of alkyl halides is 1. The topological polar surface area (TPSA) is 75.3 Å². The van der Waals surface area contributed by atoms with Crippen LogP contribution in [0.3, 0.4) is 0 Å². The molecule has 33 heavy (non-hydrogen) atoms. The molecule has 3 aromatic rings. The van der Waals surface area contributed by atoms with E-state index in [1.54, 1.807) is 23.2 Å². The van der Waals surface area contributed by atoms with Gasteiger partial charge in [-0.3, -0.25) is 19.7 Å². The van der Waals surface area contributed by atoms with Crippen molar-refractivity contribution in [3.05, 3.63) is 76.7 Å². The summed E-state index contributed by atoms with van der Waals surface area (Å²) < 4.78 is 40.4. The summed E-state index contributed by atoms with van der Waals surface area (Å²) in [5.74, 6) is -1.57. The van der Waals surface area contributed by atoms with E-state index in [-0.39, 0.29) is 23.6 Å². The molecule has 2 aliphatic rings. The summed E-state index contributed by atoms with van der Waals surface area (Å²) in [7, 11) is 0. The lowest BCUT2D eigenvalue weighted by Crippen LogP contribution is -2.47. The maximum absolute atomic E-state index is 14.2. The Labute approximate surface area is 188 Å². The molecule has 0 bridgehead atoms. The first-order valence-corrected chi connectivity index (χ1v) is 10.7. The number of pyridine rings is 2. The average Bonchev–Trinajstić information content (AvgIpc) is 3.18. The fourth-order valence-electron chi connectivity index (χ4n) is 4.22. The number of carbonyl (C=O) groups excluding carboxylic acids is 1. The number of hydrogen-bond acceptors (Lipinski definition) is 5. The second kappa shape index (κ2) is 8.47. The molecule has 0 aliphatic carbocycles. The minimum Gasteiger partial charge on any atom is -0.397 e. The Hall–Kier alpha value is -3.46. The van der Waals surface area contributed by atoms with Crippen molar-refractivity contribution in [1.82, 2.24) is 19.8 Å². The van der Waals surface area contributed by atoms with E-state index >= 15 is 0 Å². The van der Waals surface area contributed by atoms with Crippen LogP contribution in [0.25, 0.3) is 11.3 Å². The summed E-state index contributed by atoms with van der Waals surface area (Å²) in [5, 5.41) is 0. The van der Waals surface area contributed by atoms with Crippen LogP contribution in [0.4, 0.5) is 18.9 Å². The first-order valence-electron chi connectivity index (χ1n) is 10.7. The largest absolute Gasteiger partial charge is 0.397 e. The first-order chi connectivity index (χ1) is 15.9. The molecule has 2 aromatic heterocycles. The number of nitrogens with two attached hydrogens (primary N) is 1. The van der Waals surface area contributed by atoms with Gasteiger partial charge in [-0.05, 0) is 41.5 Å². The van der Waals surface area contributed by atoms with Gasteiger partial charge in [-0.15, -0.1) is 0 Å². The van der Waals surface area contributed by atoms with Gasteiger partial charge in [-0.2, -0.15) is 0 Å². The smallest absolute Gasteiger partial charge is 0.229 e. The fraction of sp³-hybridized carbons (Fsp3) is 0.292. The van der Waals surface area contributed by atoms with E-state index < -0.39 is 17.8 Å². The number of nitrogen functional groups attached to an aromatic ring is 1. The van der Waals surface area contributed by atoms with Gasteiger partial charge in [-0.1, -0.05) is 0 Å². The Morgan fingerprint density at radius 3 is 2.64 bits per heavy atom. The number of fused-ring (bicyclic) bond motifs is 1. The van der Waals surface area contributed by atoms with Crippen LogP contribution in [0.5, 0.6) is 0 Å². The fourth-order valence-corrected chi connectivity index (χ4v) is 4.22. The van der Waals surface area contributed by atoms with Gasteiger partial charge in [0.1, 0.15) is 17.8 Å². The Morgan fingerprint density at radius 1 is 1.09 bits per heavy atom. The summed E-state index contributed by atoms with van der Waals surface area (Å²) in [6.45, 7) is 2.33. The molecule has 1 fully saturated rings. The third kappa shape index (κ3) is 4.41. The second-order valence-corrected chi connectivity index (χ2v) is 8.52. The normalized spacial score (nSPS) is 16.0. The van der Waals surface area contributed by atoms with Gasteiger partial charge >= 0.3 is 0 Å². The predicted octanol–water partition coefficient (Wildman–Crippen LogP) is 3.24. The van der Waals surface area contributed by atoms with Gasteiger partial charge in [-0.25, -0.2) is 13.2 Å². The summed E-state index contributed by atoms with van der Waals surface area (Å²) in [4.78, 5) is 25.5. The molecule has 1 amide bonds. The number of nitrogens with zero attached hydrogens (tertiary/aromatic N) is 4. The molecule has 0 saturated carbocycles. The van der Waals surface area contributed by atoms with Crippen molar-refractivity contribution >= 4 is 11.6 Å². The Kier molecular flexibility index (Phi) is 5.49. The third-order valence-corrected chi connectivity index (χ3v) is 6.05. The first kappa shape index (κ1) is 21.4. The van der Waals surface area contributed by atoms with Gasteiger partial charge in [0.25, 0.3) is 0 Å². The number of aromatic nitrogens is 2. The molecule has 0 spiro atoms. The molecule has 4 heterocycles. The summed E-state index contributed by atoms with van der Waals surface area (Å²) in [6, 6.07) is 8.34. The van der Waals surface area contributed by atoms with E-state index in [2.05, 4.69) is 9.97 Å². The van der Waals surface area contributed by atoms with Crippen LogP contribution in [-0.2, 0) is 30.8 Å². The minimum absolute atomic E-state index is 0.0393. The van der Waals surface area contributed by atoms with Crippen LogP contribution >= 0.6 is 0 Å². The molecule has 5 rings (SSSR count).